The van der Waals surface area contributed by atoms with E-state index in [0.29, 0.717) is 22.3 Å². The van der Waals surface area contributed by atoms with Gasteiger partial charge in [-0.1, -0.05) is 60.7 Å². The van der Waals surface area contributed by atoms with Gasteiger partial charge >= 0.3 is 5.97 Å². The Bertz CT molecular complexity index is 902. The van der Waals surface area contributed by atoms with E-state index in [1.54, 1.807) is 48.5 Å². The van der Waals surface area contributed by atoms with Gasteiger partial charge < -0.3 is 5.11 Å². The molecule has 0 radical (unpaired) electrons. The van der Waals surface area contributed by atoms with Gasteiger partial charge in [0.15, 0.2) is 5.78 Å². The van der Waals surface area contributed by atoms with Gasteiger partial charge in [0.25, 0.3) is 0 Å². The number of carbonyl (C=O) groups excluding carboxylic acids is 1. The van der Waals surface area contributed by atoms with Gasteiger partial charge in [0.1, 0.15) is 11.7 Å². The van der Waals surface area contributed by atoms with Crippen LogP contribution >= 0.6 is 0 Å². The van der Waals surface area contributed by atoms with Crippen LogP contribution in [-0.4, -0.2) is 16.9 Å². The molecule has 3 rings (SSSR count). The van der Waals surface area contributed by atoms with Crippen LogP contribution < -0.4 is 0 Å². The molecule has 0 amide bonds. The molecule has 0 aliphatic rings. The van der Waals surface area contributed by atoms with Crippen molar-refractivity contribution in [2.24, 2.45) is 0 Å². The maximum absolute atomic E-state index is 13.1. The maximum Gasteiger partial charge on any atom is 0.315 e. The first-order chi connectivity index (χ1) is 12.1. The van der Waals surface area contributed by atoms with Crippen molar-refractivity contribution in [3.05, 3.63) is 107 Å². The zero-order valence-electron chi connectivity index (χ0n) is 13.2. The standard InChI is InChI=1S/C21H15FO3/c22-18-11-9-14(10-12-18)19(21(24)25)16-7-4-8-17(13-16)20(23)15-5-2-1-3-6-15/h1-13,19H,(H,24,25). The van der Waals surface area contributed by atoms with Crippen LogP contribution in [0.4, 0.5) is 4.39 Å². The summed E-state index contributed by atoms with van der Waals surface area (Å²) >= 11 is 0. The fourth-order valence-corrected chi connectivity index (χ4v) is 2.75. The highest BCUT2D eigenvalue weighted by molar-refractivity contribution is 6.09. The van der Waals surface area contributed by atoms with E-state index in [1.165, 1.54) is 24.3 Å². The van der Waals surface area contributed by atoms with Gasteiger partial charge in [0, 0.05) is 11.1 Å². The number of carboxylic acids is 1. The van der Waals surface area contributed by atoms with E-state index in [2.05, 4.69) is 0 Å². The third-order valence-corrected chi connectivity index (χ3v) is 3.97. The van der Waals surface area contributed by atoms with E-state index in [-0.39, 0.29) is 5.78 Å². The third kappa shape index (κ3) is 3.63. The van der Waals surface area contributed by atoms with Gasteiger partial charge in [-0.2, -0.15) is 0 Å². The van der Waals surface area contributed by atoms with Crippen LogP contribution in [0.3, 0.4) is 0 Å². The summed E-state index contributed by atoms with van der Waals surface area (Å²) in [6.07, 6.45) is 0. The van der Waals surface area contributed by atoms with Crippen molar-refractivity contribution in [2.75, 3.05) is 0 Å². The zero-order valence-corrected chi connectivity index (χ0v) is 13.2. The lowest BCUT2D eigenvalue weighted by atomic mass is 9.89. The predicted molar refractivity (Wildman–Crippen MR) is 92.2 cm³/mol. The monoisotopic (exact) mass is 334 g/mol. The molecule has 1 unspecified atom stereocenters. The Morgan fingerprint density at radius 2 is 1.40 bits per heavy atom. The first kappa shape index (κ1) is 16.6. The average molecular weight is 334 g/mol. The van der Waals surface area contributed by atoms with E-state index in [0.717, 1.165) is 0 Å². The lowest BCUT2D eigenvalue weighted by molar-refractivity contribution is -0.137. The minimum absolute atomic E-state index is 0.175. The molecule has 0 spiro atoms. The second-order valence-corrected chi connectivity index (χ2v) is 5.64. The molecule has 0 bridgehead atoms. The number of carbonyl (C=O) groups is 2. The molecule has 124 valence electrons. The van der Waals surface area contributed by atoms with Crippen molar-refractivity contribution in [1.29, 1.82) is 0 Å². The van der Waals surface area contributed by atoms with E-state index >= 15 is 0 Å². The maximum atomic E-state index is 13.1. The largest absolute Gasteiger partial charge is 0.481 e. The number of benzene rings is 3. The topological polar surface area (TPSA) is 54.4 Å². The molecule has 0 fully saturated rings. The van der Waals surface area contributed by atoms with Gasteiger partial charge in [0.05, 0.1) is 0 Å². The molecular weight excluding hydrogens is 319 g/mol. The number of rotatable bonds is 5. The molecule has 0 heterocycles. The van der Waals surface area contributed by atoms with E-state index in [4.69, 9.17) is 0 Å². The van der Waals surface area contributed by atoms with Crippen molar-refractivity contribution in [3.8, 4) is 0 Å². The SMILES string of the molecule is O=C(c1ccccc1)c1cccc(C(C(=O)O)c2ccc(F)cc2)c1. The Hall–Kier alpha value is -3.27. The zero-order chi connectivity index (χ0) is 17.8. The van der Waals surface area contributed by atoms with Crippen LogP contribution in [0, 0.1) is 5.82 Å². The van der Waals surface area contributed by atoms with Crippen molar-refractivity contribution in [3.63, 3.8) is 0 Å². The average Bonchev–Trinajstić information content (AvgIpc) is 2.64. The van der Waals surface area contributed by atoms with Gasteiger partial charge in [-0.15, -0.1) is 0 Å². The molecule has 3 aromatic rings. The summed E-state index contributed by atoms with van der Waals surface area (Å²) in [6, 6.07) is 20.7. The van der Waals surface area contributed by atoms with Crippen molar-refractivity contribution in [2.45, 2.75) is 5.92 Å². The van der Waals surface area contributed by atoms with Crippen LogP contribution in [0.1, 0.15) is 33.0 Å². The fourth-order valence-electron chi connectivity index (χ4n) is 2.75. The molecule has 0 aromatic heterocycles. The summed E-state index contributed by atoms with van der Waals surface area (Å²) in [6.45, 7) is 0. The number of hydrogen-bond acceptors (Lipinski definition) is 2. The molecule has 1 atom stereocenters. The van der Waals surface area contributed by atoms with E-state index < -0.39 is 17.7 Å². The van der Waals surface area contributed by atoms with Crippen LogP contribution in [-0.2, 0) is 4.79 Å². The van der Waals surface area contributed by atoms with Gasteiger partial charge in [-0.25, -0.2) is 4.39 Å². The van der Waals surface area contributed by atoms with Crippen molar-refractivity contribution < 1.29 is 19.1 Å². The van der Waals surface area contributed by atoms with E-state index in [9.17, 15) is 19.1 Å². The molecule has 0 aliphatic heterocycles. The first-order valence-electron chi connectivity index (χ1n) is 7.74. The van der Waals surface area contributed by atoms with Crippen LogP contribution in [0.2, 0.25) is 0 Å². The quantitative estimate of drug-likeness (QED) is 0.709. The third-order valence-electron chi connectivity index (χ3n) is 3.97. The number of carboxylic acid groups (broad SMARTS) is 1. The van der Waals surface area contributed by atoms with Gasteiger partial charge in [-0.05, 0) is 29.3 Å². The summed E-state index contributed by atoms with van der Waals surface area (Å²) in [7, 11) is 0. The summed E-state index contributed by atoms with van der Waals surface area (Å²) < 4.78 is 13.1. The Morgan fingerprint density at radius 1 is 0.760 bits per heavy atom. The molecule has 0 saturated carbocycles. The van der Waals surface area contributed by atoms with Crippen LogP contribution in [0.5, 0.6) is 0 Å². The van der Waals surface area contributed by atoms with Crippen molar-refractivity contribution in [1.82, 2.24) is 0 Å². The molecule has 1 N–H and O–H groups in total. The lowest BCUT2D eigenvalue weighted by Crippen LogP contribution is -2.14. The van der Waals surface area contributed by atoms with Crippen LogP contribution in [0.25, 0.3) is 0 Å². The van der Waals surface area contributed by atoms with Gasteiger partial charge in [0.2, 0.25) is 0 Å². The molecule has 3 aromatic carbocycles. The second kappa shape index (κ2) is 7.09. The van der Waals surface area contributed by atoms with Gasteiger partial charge in [-0.3, -0.25) is 9.59 Å². The normalized spacial score (nSPS) is 11.7. The highest BCUT2D eigenvalue weighted by atomic mass is 19.1. The molecule has 4 heteroatoms. The number of ketones is 1. The predicted octanol–water partition coefficient (Wildman–Crippen LogP) is 4.27. The highest BCUT2D eigenvalue weighted by Crippen LogP contribution is 2.26. The number of halogens is 1. The number of aliphatic carboxylic acids is 1. The Morgan fingerprint density at radius 3 is 2.04 bits per heavy atom. The molecule has 25 heavy (non-hydrogen) atoms. The second-order valence-electron chi connectivity index (χ2n) is 5.64. The van der Waals surface area contributed by atoms with E-state index in [1.807, 2.05) is 6.07 Å². The Kier molecular flexibility index (Phi) is 4.70. The molecule has 3 nitrogen and oxygen atoms in total. The molecular formula is C21H15FO3. The fraction of sp³-hybridized carbons (Fsp3) is 0.0476. The summed E-state index contributed by atoms with van der Waals surface area (Å²) in [4.78, 5) is 24.3. The Balaban J connectivity index is 2.00. The van der Waals surface area contributed by atoms with Crippen molar-refractivity contribution >= 4 is 11.8 Å². The minimum Gasteiger partial charge on any atom is -0.481 e. The summed E-state index contributed by atoms with van der Waals surface area (Å²) in [5.74, 6) is -2.63. The smallest absolute Gasteiger partial charge is 0.315 e. The minimum atomic E-state index is -1.06. The Labute approximate surface area is 144 Å². The summed E-state index contributed by atoms with van der Waals surface area (Å²) in [5, 5.41) is 9.62. The highest BCUT2D eigenvalue weighted by Gasteiger charge is 2.23. The first-order valence-corrected chi connectivity index (χ1v) is 7.74. The number of hydrogen-bond donors (Lipinski definition) is 1. The molecule has 0 saturated heterocycles. The summed E-state index contributed by atoms with van der Waals surface area (Å²) in [5.41, 5.74) is 1.88. The lowest BCUT2D eigenvalue weighted by Gasteiger charge is -2.14. The molecule has 0 aliphatic carbocycles. The van der Waals surface area contributed by atoms with Crippen LogP contribution in [0.15, 0.2) is 78.9 Å².